The molecule has 4 heteroatoms. The summed E-state index contributed by atoms with van der Waals surface area (Å²) in [4.78, 5) is 4.74. The summed E-state index contributed by atoms with van der Waals surface area (Å²) in [6.07, 6.45) is 5.10. The second-order valence-corrected chi connectivity index (χ2v) is 6.59. The maximum Gasteiger partial charge on any atom is 0.206 e. The Morgan fingerprint density at radius 1 is 1.12 bits per heavy atom. The molecular formula is C13H26N4. The van der Waals surface area contributed by atoms with E-state index in [4.69, 9.17) is 10.8 Å². The predicted octanol–water partition coefficient (Wildman–Crippen LogP) is 1.77. The van der Waals surface area contributed by atoms with Crippen molar-refractivity contribution >= 4 is 5.96 Å². The van der Waals surface area contributed by atoms with Crippen LogP contribution in [-0.4, -0.2) is 18.0 Å². The number of aliphatic imine (C=N–C) groups is 1. The van der Waals surface area contributed by atoms with Gasteiger partial charge in [-0.1, -0.05) is 40.5 Å². The van der Waals surface area contributed by atoms with Crippen molar-refractivity contribution in [1.29, 1.82) is 0 Å². The first kappa shape index (κ1) is 12.7. The molecule has 0 radical (unpaired) electrons. The van der Waals surface area contributed by atoms with Gasteiger partial charge in [0.25, 0.3) is 0 Å². The Labute approximate surface area is 104 Å². The van der Waals surface area contributed by atoms with Gasteiger partial charge in [-0.3, -0.25) is 5.43 Å². The molecule has 17 heavy (non-hydrogen) atoms. The van der Waals surface area contributed by atoms with Crippen LogP contribution in [0.1, 0.15) is 53.4 Å². The normalized spacial score (nSPS) is 28.2. The maximum atomic E-state index is 5.56. The molecule has 2 aliphatic rings. The Morgan fingerprint density at radius 2 is 1.65 bits per heavy atom. The van der Waals surface area contributed by atoms with Crippen LogP contribution in [-0.2, 0) is 0 Å². The van der Waals surface area contributed by atoms with Crippen LogP contribution in [0.4, 0.5) is 0 Å². The number of guanidine groups is 1. The van der Waals surface area contributed by atoms with Crippen molar-refractivity contribution in [3.8, 4) is 0 Å². The summed E-state index contributed by atoms with van der Waals surface area (Å²) in [6.45, 7) is 9.07. The Balaban J connectivity index is 1.99. The Hall–Kier alpha value is -0.770. The van der Waals surface area contributed by atoms with E-state index in [-0.39, 0.29) is 10.8 Å². The highest BCUT2D eigenvalue weighted by atomic mass is 15.3. The third-order valence-corrected chi connectivity index (χ3v) is 5.04. The Bertz CT molecular complexity index is 299. The smallest absolute Gasteiger partial charge is 0.206 e. The van der Waals surface area contributed by atoms with Crippen molar-refractivity contribution in [3.05, 3.63) is 0 Å². The highest BCUT2D eigenvalue weighted by molar-refractivity contribution is 5.80. The minimum atomic E-state index is 0.270. The van der Waals surface area contributed by atoms with Crippen LogP contribution in [0.3, 0.4) is 0 Å². The molecule has 2 saturated carbocycles. The summed E-state index contributed by atoms with van der Waals surface area (Å²) >= 11 is 0. The maximum absolute atomic E-state index is 5.56. The van der Waals surface area contributed by atoms with Crippen molar-refractivity contribution < 1.29 is 0 Å². The lowest BCUT2D eigenvalue weighted by Gasteiger charge is -2.15. The molecule has 0 spiro atoms. The Morgan fingerprint density at radius 3 is 2.06 bits per heavy atom. The van der Waals surface area contributed by atoms with Crippen molar-refractivity contribution in [2.45, 2.75) is 65.5 Å². The molecule has 2 aliphatic carbocycles. The third kappa shape index (κ3) is 2.15. The van der Waals surface area contributed by atoms with Crippen molar-refractivity contribution in [1.82, 2.24) is 10.7 Å². The van der Waals surface area contributed by atoms with Gasteiger partial charge in [0.15, 0.2) is 0 Å². The van der Waals surface area contributed by atoms with E-state index in [1.165, 1.54) is 25.7 Å². The predicted molar refractivity (Wildman–Crippen MR) is 71.5 cm³/mol. The molecule has 98 valence electrons. The summed E-state index contributed by atoms with van der Waals surface area (Å²) in [7, 11) is 0. The molecule has 0 heterocycles. The first-order chi connectivity index (χ1) is 7.89. The number of nitrogens with zero attached hydrogens (tertiary/aromatic N) is 1. The molecule has 0 unspecified atom stereocenters. The summed E-state index contributed by atoms with van der Waals surface area (Å²) in [5.41, 5.74) is 3.26. The minimum absolute atomic E-state index is 0.270. The van der Waals surface area contributed by atoms with Gasteiger partial charge in [-0.05, 0) is 23.7 Å². The van der Waals surface area contributed by atoms with Gasteiger partial charge >= 0.3 is 0 Å². The van der Waals surface area contributed by atoms with Crippen molar-refractivity contribution in [2.75, 3.05) is 0 Å². The van der Waals surface area contributed by atoms with E-state index in [2.05, 4.69) is 38.4 Å². The van der Waals surface area contributed by atoms with Crippen LogP contribution in [0.25, 0.3) is 0 Å². The number of hydrazine groups is 1. The second-order valence-electron chi connectivity index (χ2n) is 6.59. The SMILES string of the molecule is CC1(C)C(N=C(NN)NC2CCCC2)C1(C)C. The quantitative estimate of drug-likeness (QED) is 0.297. The number of rotatable bonds is 2. The van der Waals surface area contributed by atoms with Gasteiger partial charge in [-0.25, -0.2) is 10.8 Å². The van der Waals surface area contributed by atoms with Crippen LogP contribution in [0, 0.1) is 10.8 Å². The van der Waals surface area contributed by atoms with Crippen molar-refractivity contribution in [2.24, 2.45) is 21.7 Å². The molecule has 0 amide bonds. The van der Waals surface area contributed by atoms with Crippen molar-refractivity contribution in [3.63, 3.8) is 0 Å². The monoisotopic (exact) mass is 238 g/mol. The molecule has 0 bridgehead atoms. The van der Waals surface area contributed by atoms with Gasteiger partial charge in [0.2, 0.25) is 5.96 Å². The van der Waals surface area contributed by atoms with E-state index in [1.807, 2.05) is 0 Å². The molecule has 0 aliphatic heterocycles. The molecule has 0 atom stereocenters. The lowest BCUT2D eigenvalue weighted by molar-refractivity contribution is 0.457. The van der Waals surface area contributed by atoms with Crippen LogP contribution in [0.15, 0.2) is 4.99 Å². The van der Waals surface area contributed by atoms with Crippen LogP contribution in [0.2, 0.25) is 0 Å². The van der Waals surface area contributed by atoms with Crippen LogP contribution in [0.5, 0.6) is 0 Å². The minimum Gasteiger partial charge on any atom is -0.353 e. The molecular weight excluding hydrogens is 212 g/mol. The van der Waals surface area contributed by atoms with Gasteiger partial charge in [-0.2, -0.15) is 0 Å². The molecule has 2 fully saturated rings. The summed E-state index contributed by atoms with van der Waals surface area (Å²) in [5.74, 6) is 6.33. The van der Waals surface area contributed by atoms with Gasteiger partial charge < -0.3 is 5.32 Å². The lowest BCUT2D eigenvalue weighted by atomic mass is 10.0. The molecule has 2 rings (SSSR count). The zero-order valence-corrected chi connectivity index (χ0v) is 11.5. The topological polar surface area (TPSA) is 62.4 Å². The molecule has 0 aromatic carbocycles. The summed E-state index contributed by atoms with van der Waals surface area (Å²) in [5, 5.41) is 3.43. The van der Waals surface area contributed by atoms with E-state index in [0.717, 1.165) is 5.96 Å². The number of hydrogen-bond donors (Lipinski definition) is 3. The highest BCUT2D eigenvalue weighted by Gasteiger charge is 2.65. The average Bonchev–Trinajstić information content (AvgIpc) is 2.68. The number of nitrogens with one attached hydrogen (secondary N) is 2. The van der Waals surface area contributed by atoms with E-state index in [9.17, 15) is 0 Å². The van der Waals surface area contributed by atoms with E-state index >= 15 is 0 Å². The molecule has 0 aromatic heterocycles. The average molecular weight is 238 g/mol. The second kappa shape index (κ2) is 4.16. The molecule has 0 saturated heterocycles. The Kier molecular flexibility index (Phi) is 3.10. The first-order valence-corrected chi connectivity index (χ1v) is 6.70. The zero-order valence-electron chi connectivity index (χ0n) is 11.5. The van der Waals surface area contributed by atoms with E-state index in [0.29, 0.717) is 12.1 Å². The summed E-state index contributed by atoms with van der Waals surface area (Å²) in [6, 6.07) is 0.907. The van der Waals surface area contributed by atoms with Gasteiger partial charge in [0.1, 0.15) is 0 Å². The molecule has 4 N–H and O–H groups in total. The lowest BCUT2D eigenvalue weighted by Crippen LogP contribution is -2.46. The van der Waals surface area contributed by atoms with Gasteiger partial charge in [-0.15, -0.1) is 0 Å². The first-order valence-electron chi connectivity index (χ1n) is 6.70. The van der Waals surface area contributed by atoms with Crippen LogP contribution < -0.4 is 16.6 Å². The largest absolute Gasteiger partial charge is 0.353 e. The summed E-state index contributed by atoms with van der Waals surface area (Å²) < 4.78 is 0. The zero-order chi connectivity index (χ0) is 12.7. The fourth-order valence-corrected chi connectivity index (χ4v) is 2.99. The molecule has 0 aromatic rings. The number of hydrogen-bond acceptors (Lipinski definition) is 2. The molecule has 4 nitrogen and oxygen atoms in total. The number of nitrogens with two attached hydrogens (primary N) is 1. The van der Waals surface area contributed by atoms with E-state index < -0.39 is 0 Å². The third-order valence-electron chi connectivity index (χ3n) is 5.04. The van der Waals surface area contributed by atoms with Gasteiger partial charge in [0, 0.05) is 6.04 Å². The van der Waals surface area contributed by atoms with Crippen LogP contribution >= 0.6 is 0 Å². The highest BCUT2D eigenvalue weighted by Crippen LogP contribution is 2.64. The van der Waals surface area contributed by atoms with Gasteiger partial charge in [0.05, 0.1) is 6.04 Å². The fraction of sp³-hybridized carbons (Fsp3) is 0.923. The fourth-order valence-electron chi connectivity index (χ4n) is 2.99. The van der Waals surface area contributed by atoms with E-state index in [1.54, 1.807) is 0 Å². The standard InChI is InChI=1S/C13H26N4/c1-12(2)10(13(12,3)4)16-11(17-14)15-9-7-5-6-8-9/h9-10H,5-8,14H2,1-4H3,(H2,15,16,17).